The van der Waals surface area contributed by atoms with Crippen LogP contribution in [0, 0.1) is 0 Å². The van der Waals surface area contributed by atoms with E-state index in [-0.39, 0.29) is 11.3 Å². The van der Waals surface area contributed by atoms with Gasteiger partial charge in [-0.1, -0.05) is 35.5 Å². The van der Waals surface area contributed by atoms with E-state index in [0.29, 0.717) is 19.1 Å². The molecular formula is C14H15ClN2O2. The van der Waals surface area contributed by atoms with Gasteiger partial charge in [0.25, 0.3) is 0 Å². The number of ether oxygens (including phenoxy) is 1. The Labute approximate surface area is 116 Å². The number of alkyl halides is 1. The monoisotopic (exact) mass is 278 g/mol. The molecule has 0 atom stereocenters. The Bertz CT molecular complexity index is 535. The zero-order valence-electron chi connectivity index (χ0n) is 10.5. The van der Waals surface area contributed by atoms with E-state index in [1.165, 1.54) is 5.56 Å². The van der Waals surface area contributed by atoms with Crippen molar-refractivity contribution >= 4 is 11.6 Å². The first-order chi connectivity index (χ1) is 9.35. The van der Waals surface area contributed by atoms with Crippen molar-refractivity contribution in [3.8, 4) is 0 Å². The molecule has 0 N–H and O–H groups in total. The summed E-state index contributed by atoms with van der Waals surface area (Å²) in [5.74, 6) is 1.44. The number of halogens is 1. The summed E-state index contributed by atoms with van der Waals surface area (Å²) in [6.45, 7) is 1.42. The Morgan fingerprint density at radius 1 is 1.16 bits per heavy atom. The molecule has 4 nitrogen and oxygen atoms in total. The third-order valence-electron chi connectivity index (χ3n) is 3.68. The summed E-state index contributed by atoms with van der Waals surface area (Å²) < 4.78 is 10.7. The molecule has 1 saturated heterocycles. The standard InChI is InChI=1S/C14H15ClN2O2/c15-10-12-16-13(17-19-12)14(6-8-18-9-7-14)11-4-2-1-3-5-11/h1-5H,6-10H2. The lowest BCUT2D eigenvalue weighted by molar-refractivity contribution is 0.0597. The van der Waals surface area contributed by atoms with Gasteiger partial charge in [-0.25, -0.2) is 0 Å². The minimum atomic E-state index is -0.215. The summed E-state index contributed by atoms with van der Waals surface area (Å²) in [5, 5.41) is 4.13. The molecule has 19 heavy (non-hydrogen) atoms. The van der Waals surface area contributed by atoms with Gasteiger partial charge >= 0.3 is 0 Å². The van der Waals surface area contributed by atoms with Gasteiger partial charge in [0.2, 0.25) is 5.89 Å². The molecule has 1 fully saturated rings. The molecule has 5 heteroatoms. The fraction of sp³-hybridized carbons (Fsp3) is 0.429. The molecule has 0 amide bonds. The fourth-order valence-corrected chi connectivity index (χ4v) is 2.73. The van der Waals surface area contributed by atoms with Gasteiger partial charge in [0.15, 0.2) is 5.82 Å². The predicted molar refractivity (Wildman–Crippen MR) is 71.1 cm³/mol. The van der Waals surface area contributed by atoms with E-state index in [1.807, 2.05) is 18.2 Å². The second-order valence-corrected chi connectivity index (χ2v) is 4.97. The van der Waals surface area contributed by atoms with Crippen molar-refractivity contribution in [3.05, 3.63) is 47.6 Å². The zero-order valence-corrected chi connectivity index (χ0v) is 11.3. The molecule has 0 aliphatic carbocycles. The summed E-state index contributed by atoms with van der Waals surface area (Å²) >= 11 is 5.75. The van der Waals surface area contributed by atoms with Crippen molar-refractivity contribution in [2.75, 3.05) is 13.2 Å². The first-order valence-corrected chi connectivity index (χ1v) is 6.91. The highest BCUT2D eigenvalue weighted by Crippen LogP contribution is 2.39. The number of hydrogen-bond acceptors (Lipinski definition) is 4. The van der Waals surface area contributed by atoms with Gasteiger partial charge in [-0.2, -0.15) is 4.98 Å². The van der Waals surface area contributed by atoms with Crippen LogP contribution >= 0.6 is 11.6 Å². The van der Waals surface area contributed by atoms with Crippen LogP contribution in [0.5, 0.6) is 0 Å². The van der Waals surface area contributed by atoms with Crippen LogP contribution in [-0.2, 0) is 16.0 Å². The second-order valence-electron chi connectivity index (χ2n) is 4.71. The van der Waals surface area contributed by atoms with Crippen molar-refractivity contribution in [2.45, 2.75) is 24.1 Å². The van der Waals surface area contributed by atoms with E-state index in [4.69, 9.17) is 20.9 Å². The summed E-state index contributed by atoms with van der Waals surface area (Å²) in [4.78, 5) is 4.44. The number of benzene rings is 1. The molecule has 0 spiro atoms. The SMILES string of the molecule is ClCc1nc(C2(c3ccccc3)CCOCC2)no1. The molecule has 3 rings (SSSR count). The minimum absolute atomic E-state index is 0.215. The molecule has 1 aromatic heterocycles. The number of hydrogen-bond donors (Lipinski definition) is 0. The molecule has 0 radical (unpaired) electrons. The van der Waals surface area contributed by atoms with Crippen molar-refractivity contribution in [2.24, 2.45) is 0 Å². The van der Waals surface area contributed by atoms with E-state index in [1.54, 1.807) is 0 Å². The average Bonchev–Trinajstić information content (AvgIpc) is 2.98. The van der Waals surface area contributed by atoms with Crippen molar-refractivity contribution < 1.29 is 9.26 Å². The Morgan fingerprint density at radius 2 is 1.89 bits per heavy atom. The third kappa shape index (κ3) is 2.26. The molecule has 0 unspecified atom stereocenters. The maximum absolute atomic E-state index is 5.75. The molecule has 0 bridgehead atoms. The lowest BCUT2D eigenvalue weighted by Crippen LogP contribution is -2.36. The number of rotatable bonds is 3. The second kappa shape index (κ2) is 5.31. The van der Waals surface area contributed by atoms with Gasteiger partial charge in [-0.3, -0.25) is 0 Å². The molecule has 1 aromatic carbocycles. The lowest BCUT2D eigenvalue weighted by atomic mass is 9.73. The summed E-state index contributed by atoms with van der Waals surface area (Å²) in [5.41, 5.74) is 0.994. The van der Waals surface area contributed by atoms with Crippen molar-refractivity contribution in [1.29, 1.82) is 0 Å². The van der Waals surface area contributed by atoms with Crippen LogP contribution < -0.4 is 0 Å². The fourth-order valence-electron chi connectivity index (χ4n) is 2.62. The zero-order chi connectivity index (χ0) is 13.1. The third-order valence-corrected chi connectivity index (χ3v) is 3.91. The molecule has 1 aliphatic rings. The quantitative estimate of drug-likeness (QED) is 0.810. The highest BCUT2D eigenvalue weighted by atomic mass is 35.5. The highest BCUT2D eigenvalue weighted by Gasteiger charge is 2.40. The van der Waals surface area contributed by atoms with Crippen LogP contribution in [0.25, 0.3) is 0 Å². The molecular weight excluding hydrogens is 264 g/mol. The molecule has 0 saturated carbocycles. The first-order valence-electron chi connectivity index (χ1n) is 6.37. The van der Waals surface area contributed by atoms with E-state index < -0.39 is 0 Å². The van der Waals surface area contributed by atoms with E-state index in [2.05, 4.69) is 22.3 Å². The average molecular weight is 279 g/mol. The smallest absolute Gasteiger partial charge is 0.241 e. The van der Waals surface area contributed by atoms with Crippen LogP contribution in [0.1, 0.15) is 30.1 Å². The van der Waals surface area contributed by atoms with E-state index >= 15 is 0 Å². The van der Waals surface area contributed by atoms with Crippen LogP contribution in [0.4, 0.5) is 0 Å². The van der Waals surface area contributed by atoms with Gasteiger partial charge in [-0.05, 0) is 18.4 Å². The highest BCUT2D eigenvalue weighted by molar-refractivity contribution is 6.16. The largest absolute Gasteiger partial charge is 0.381 e. The number of nitrogens with zero attached hydrogens (tertiary/aromatic N) is 2. The molecule has 1 aliphatic heterocycles. The van der Waals surface area contributed by atoms with Gasteiger partial charge in [-0.15, -0.1) is 11.6 Å². The maximum Gasteiger partial charge on any atom is 0.241 e. The number of aromatic nitrogens is 2. The van der Waals surface area contributed by atoms with Crippen LogP contribution in [0.15, 0.2) is 34.9 Å². The van der Waals surface area contributed by atoms with Crippen molar-refractivity contribution in [1.82, 2.24) is 10.1 Å². The topological polar surface area (TPSA) is 48.2 Å². The van der Waals surface area contributed by atoms with Crippen LogP contribution in [0.3, 0.4) is 0 Å². The van der Waals surface area contributed by atoms with Crippen molar-refractivity contribution in [3.63, 3.8) is 0 Å². The van der Waals surface area contributed by atoms with Gasteiger partial charge in [0.05, 0.1) is 5.41 Å². The molecule has 2 heterocycles. The van der Waals surface area contributed by atoms with Gasteiger partial charge in [0.1, 0.15) is 5.88 Å². The summed E-state index contributed by atoms with van der Waals surface area (Å²) in [6.07, 6.45) is 1.72. The molecule has 2 aromatic rings. The lowest BCUT2D eigenvalue weighted by Gasteiger charge is -2.34. The van der Waals surface area contributed by atoms with Crippen LogP contribution in [-0.4, -0.2) is 23.4 Å². The summed E-state index contributed by atoms with van der Waals surface area (Å²) in [7, 11) is 0. The Hall–Kier alpha value is -1.39. The normalized spacial score (nSPS) is 18.4. The Morgan fingerprint density at radius 3 is 2.53 bits per heavy atom. The van der Waals surface area contributed by atoms with Gasteiger partial charge in [0, 0.05) is 13.2 Å². The Balaban J connectivity index is 2.06. The summed E-state index contributed by atoms with van der Waals surface area (Å²) in [6, 6.07) is 10.3. The van der Waals surface area contributed by atoms with Gasteiger partial charge < -0.3 is 9.26 Å². The van der Waals surface area contributed by atoms with Crippen LogP contribution in [0.2, 0.25) is 0 Å². The van der Waals surface area contributed by atoms with E-state index in [0.717, 1.165) is 18.7 Å². The Kier molecular flexibility index (Phi) is 3.53. The molecule has 100 valence electrons. The maximum atomic E-state index is 5.75. The first kappa shape index (κ1) is 12.6. The minimum Gasteiger partial charge on any atom is -0.381 e. The van der Waals surface area contributed by atoms with E-state index in [9.17, 15) is 0 Å². The predicted octanol–water partition coefficient (Wildman–Crippen LogP) is 2.90.